The number of carboxylic acid groups (broad SMARTS) is 1. The summed E-state index contributed by atoms with van der Waals surface area (Å²) in [5, 5.41) is 20.5. The zero-order chi connectivity index (χ0) is 15.6. The van der Waals surface area contributed by atoms with E-state index in [9.17, 15) is 14.9 Å². The average Bonchev–Trinajstić information content (AvgIpc) is 2.40. The fraction of sp³-hybridized carbons (Fsp3) is 0.143. The lowest BCUT2D eigenvalue weighted by Gasteiger charge is -2.06. The highest BCUT2D eigenvalue weighted by atomic mass is 32.2. The molecule has 0 unspecified atom stereocenters. The smallest absolute Gasteiger partial charge is 0.335 e. The fourth-order valence-corrected chi connectivity index (χ4v) is 2.81. The van der Waals surface area contributed by atoms with Crippen LogP contribution >= 0.6 is 11.8 Å². The Morgan fingerprint density at radius 1 is 1.29 bits per heavy atom. The molecule has 0 bridgehead atoms. The van der Waals surface area contributed by atoms with E-state index in [1.165, 1.54) is 12.3 Å². The molecule has 1 aromatic heterocycles. The van der Waals surface area contributed by atoms with Crippen molar-refractivity contribution in [3.63, 3.8) is 0 Å². The van der Waals surface area contributed by atoms with E-state index in [0.717, 1.165) is 11.8 Å². The van der Waals surface area contributed by atoms with Gasteiger partial charge in [-0.25, -0.2) is 9.78 Å². The second-order valence-electron chi connectivity index (χ2n) is 4.42. The Bertz CT molecular complexity index is 731. The Kier molecular flexibility index (Phi) is 4.23. The molecule has 1 aromatic carbocycles. The molecule has 0 spiro atoms. The molecule has 21 heavy (non-hydrogen) atoms. The first-order valence-corrected chi connectivity index (χ1v) is 6.83. The van der Waals surface area contributed by atoms with Crippen molar-refractivity contribution in [2.45, 2.75) is 23.8 Å². The first-order chi connectivity index (χ1) is 9.90. The molecule has 0 amide bonds. The van der Waals surface area contributed by atoms with Crippen LogP contribution < -0.4 is 0 Å². The third-order valence-electron chi connectivity index (χ3n) is 2.93. The summed E-state index contributed by atoms with van der Waals surface area (Å²) in [5.74, 6) is -1.03. The zero-order valence-corrected chi connectivity index (χ0v) is 12.2. The minimum Gasteiger partial charge on any atom is -0.478 e. The van der Waals surface area contributed by atoms with Crippen LogP contribution in [-0.2, 0) is 0 Å². The number of hydrogen-bond acceptors (Lipinski definition) is 5. The van der Waals surface area contributed by atoms with Gasteiger partial charge in [0, 0.05) is 16.7 Å². The van der Waals surface area contributed by atoms with E-state index in [-0.39, 0.29) is 16.3 Å². The third-order valence-corrected chi connectivity index (χ3v) is 3.91. The van der Waals surface area contributed by atoms with Gasteiger partial charge in [-0.3, -0.25) is 10.1 Å². The van der Waals surface area contributed by atoms with Gasteiger partial charge < -0.3 is 5.11 Å². The number of nitrogens with zero attached hydrogens (tertiary/aromatic N) is 2. The second kappa shape index (κ2) is 5.92. The fourth-order valence-electron chi connectivity index (χ4n) is 1.83. The number of carbonyl (C=O) groups is 1. The molecule has 1 heterocycles. The van der Waals surface area contributed by atoms with E-state index in [1.54, 1.807) is 32.0 Å². The number of aryl methyl sites for hydroxylation is 2. The van der Waals surface area contributed by atoms with Gasteiger partial charge in [0.05, 0.1) is 10.5 Å². The number of rotatable bonds is 4. The first-order valence-electron chi connectivity index (χ1n) is 6.02. The molecule has 0 fully saturated rings. The largest absolute Gasteiger partial charge is 0.478 e. The van der Waals surface area contributed by atoms with Gasteiger partial charge >= 0.3 is 11.7 Å². The van der Waals surface area contributed by atoms with Crippen LogP contribution in [0.15, 0.2) is 40.4 Å². The standard InChI is InChI=1S/C14H12N2O4S/c1-8-3-4-10(7-11(8)14(17)18)21-13-12(16(19)20)9(2)5-6-15-13/h3-7H,1-2H3,(H,17,18). The maximum atomic E-state index is 11.1. The van der Waals surface area contributed by atoms with Crippen molar-refractivity contribution in [1.29, 1.82) is 0 Å². The van der Waals surface area contributed by atoms with Gasteiger partial charge in [0.1, 0.15) is 0 Å². The van der Waals surface area contributed by atoms with Crippen LogP contribution in [0.5, 0.6) is 0 Å². The summed E-state index contributed by atoms with van der Waals surface area (Å²) >= 11 is 1.08. The van der Waals surface area contributed by atoms with Crippen molar-refractivity contribution in [2.75, 3.05) is 0 Å². The van der Waals surface area contributed by atoms with E-state index >= 15 is 0 Å². The lowest BCUT2D eigenvalue weighted by molar-refractivity contribution is -0.388. The molecular formula is C14H12N2O4S. The summed E-state index contributed by atoms with van der Waals surface area (Å²) in [7, 11) is 0. The van der Waals surface area contributed by atoms with Crippen molar-refractivity contribution >= 4 is 23.4 Å². The Balaban J connectivity index is 2.44. The summed E-state index contributed by atoms with van der Waals surface area (Å²) in [6.45, 7) is 3.34. The highest BCUT2D eigenvalue weighted by molar-refractivity contribution is 7.99. The van der Waals surface area contributed by atoms with Gasteiger partial charge in [0.25, 0.3) is 0 Å². The highest BCUT2D eigenvalue weighted by Gasteiger charge is 2.20. The molecule has 0 aliphatic heterocycles. The van der Waals surface area contributed by atoms with E-state index < -0.39 is 10.9 Å². The number of aromatic carboxylic acids is 1. The highest BCUT2D eigenvalue weighted by Crippen LogP contribution is 2.35. The summed E-state index contributed by atoms with van der Waals surface area (Å²) in [6.07, 6.45) is 1.50. The predicted octanol–water partition coefficient (Wildman–Crippen LogP) is 3.46. The Morgan fingerprint density at radius 3 is 2.62 bits per heavy atom. The number of nitro groups is 1. The SMILES string of the molecule is Cc1ccc(Sc2nccc(C)c2[N+](=O)[O-])cc1C(=O)O. The monoisotopic (exact) mass is 304 g/mol. The van der Waals surface area contributed by atoms with E-state index in [2.05, 4.69) is 4.98 Å². The predicted molar refractivity (Wildman–Crippen MR) is 77.9 cm³/mol. The molecule has 2 aromatic rings. The molecule has 0 aliphatic rings. The van der Waals surface area contributed by atoms with Crippen molar-refractivity contribution in [2.24, 2.45) is 0 Å². The third kappa shape index (κ3) is 3.19. The Hall–Kier alpha value is -2.41. The molecule has 1 N–H and O–H groups in total. The second-order valence-corrected chi connectivity index (χ2v) is 5.48. The Morgan fingerprint density at radius 2 is 2.00 bits per heavy atom. The molecule has 0 saturated carbocycles. The normalized spacial score (nSPS) is 10.4. The van der Waals surface area contributed by atoms with Crippen molar-refractivity contribution < 1.29 is 14.8 Å². The lowest BCUT2D eigenvalue weighted by atomic mass is 10.1. The zero-order valence-electron chi connectivity index (χ0n) is 11.4. The number of aromatic nitrogens is 1. The lowest BCUT2D eigenvalue weighted by Crippen LogP contribution is -2.00. The molecule has 7 heteroatoms. The topological polar surface area (TPSA) is 93.3 Å². The van der Waals surface area contributed by atoms with Gasteiger partial charge in [-0.15, -0.1) is 0 Å². The molecule has 2 rings (SSSR count). The summed E-state index contributed by atoms with van der Waals surface area (Å²) in [6, 6.07) is 6.46. The van der Waals surface area contributed by atoms with E-state index in [0.29, 0.717) is 16.0 Å². The molecule has 0 radical (unpaired) electrons. The molecule has 0 aliphatic carbocycles. The quantitative estimate of drug-likeness (QED) is 0.686. The van der Waals surface area contributed by atoms with Gasteiger partial charge in [0.2, 0.25) is 0 Å². The number of benzene rings is 1. The van der Waals surface area contributed by atoms with Crippen molar-refractivity contribution in [3.05, 3.63) is 57.3 Å². The van der Waals surface area contributed by atoms with Crippen LogP contribution in [0.25, 0.3) is 0 Å². The van der Waals surface area contributed by atoms with Gasteiger partial charge in [-0.1, -0.05) is 17.8 Å². The van der Waals surface area contributed by atoms with Crippen LogP contribution in [0.4, 0.5) is 5.69 Å². The van der Waals surface area contributed by atoms with Crippen LogP contribution in [0, 0.1) is 24.0 Å². The van der Waals surface area contributed by atoms with Crippen molar-refractivity contribution in [1.82, 2.24) is 4.98 Å². The first kappa shape index (κ1) is 15.0. The molecule has 6 nitrogen and oxygen atoms in total. The summed E-state index contributed by atoms with van der Waals surface area (Å²) < 4.78 is 0. The number of carboxylic acids is 1. The van der Waals surface area contributed by atoms with Gasteiger partial charge in [-0.05, 0) is 37.6 Å². The van der Waals surface area contributed by atoms with E-state index in [4.69, 9.17) is 5.11 Å². The van der Waals surface area contributed by atoms with Crippen molar-refractivity contribution in [3.8, 4) is 0 Å². The minimum absolute atomic E-state index is 0.0556. The molecule has 0 saturated heterocycles. The number of hydrogen-bond donors (Lipinski definition) is 1. The summed E-state index contributed by atoms with van der Waals surface area (Å²) in [5.41, 5.74) is 1.27. The Labute approximate surface area is 125 Å². The minimum atomic E-state index is -1.03. The maximum Gasteiger partial charge on any atom is 0.335 e. The number of pyridine rings is 1. The summed E-state index contributed by atoms with van der Waals surface area (Å²) in [4.78, 5) is 26.4. The van der Waals surface area contributed by atoms with Gasteiger partial charge in [0.15, 0.2) is 5.03 Å². The van der Waals surface area contributed by atoms with Crippen LogP contribution in [0.2, 0.25) is 0 Å². The van der Waals surface area contributed by atoms with E-state index in [1.807, 2.05) is 0 Å². The van der Waals surface area contributed by atoms with Crippen LogP contribution in [0.1, 0.15) is 21.5 Å². The molecule has 0 atom stereocenters. The van der Waals surface area contributed by atoms with Gasteiger partial charge in [-0.2, -0.15) is 0 Å². The molecule has 108 valence electrons. The molecular weight excluding hydrogens is 292 g/mol. The maximum absolute atomic E-state index is 11.1. The van der Waals surface area contributed by atoms with Crippen LogP contribution in [-0.4, -0.2) is 21.0 Å². The average molecular weight is 304 g/mol. The van der Waals surface area contributed by atoms with Crippen LogP contribution in [0.3, 0.4) is 0 Å².